The molecule has 40 heavy (non-hydrogen) atoms. The average Bonchev–Trinajstić information content (AvgIpc) is 2.98. The molecule has 0 saturated heterocycles. The minimum absolute atomic E-state index is 0.256. The minimum atomic E-state index is -1.46. The van der Waals surface area contributed by atoms with E-state index in [-0.39, 0.29) is 11.1 Å². The van der Waals surface area contributed by atoms with Gasteiger partial charge in [-0.2, -0.15) is 0 Å². The summed E-state index contributed by atoms with van der Waals surface area (Å²) in [6.45, 7) is -2.22. The van der Waals surface area contributed by atoms with Crippen molar-refractivity contribution in [3.63, 3.8) is 0 Å². The summed E-state index contributed by atoms with van der Waals surface area (Å²) in [6.07, 6.45) is -2.91. The van der Waals surface area contributed by atoms with Crippen LogP contribution in [0.25, 0.3) is 10.8 Å². The van der Waals surface area contributed by atoms with Crippen LogP contribution >= 0.6 is 0 Å². The lowest BCUT2D eigenvalue weighted by Crippen LogP contribution is -2.56. The Kier molecular flexibility index (Phi) is 8.72. The zero-order valence-corrected chi connectivity index (χ0v) is 21.5. The first-order valence-electron chi connectivity index (χ1n) is 12.3. The van der Waals surface area contributed by atoms with Crippen LogP contribution in [0.3, 0.4) is 0 Å². The summed E-state index contributed by atoms with van der Waals surface area (Å²) in [6, 6.07) is 20.4. The van der Waals surface area contributed by atoms with Crippen molar-refractivity contribution in [2.75, 3.05) is 13.2 Å². The Balaban J connectivity index is 1.41. The molecule has 208 valence electrons. The third kappa shape index (κ3) is 6.42. The molecular weight excluding hydrogens is 522 g/mol. The summed E-state index contributed by atoms with van der Waals surface area (Å²) in [7, 11) is 1.13. The molecule has 0 radical (unpaired) electrons. The van der Waals surface area contributed by atoms with E-state index in [4.69, 9.17) is 9.47 Å². The van der Waals surface area contributed by atoms with Crippen LogP contribution in [0, 0.1) is 0 Å². The highest BCUT2D eigenvalue weighted by Crippen LogP contribution is 2.16. The van der Waals surface area contributed by atoms with Gasteiger partial charge in [-0.25, -0.2) is 37.7 Å². The first kappa shape index (κ1) is 28.2. The second-order valence-corrected chi connectivity index (χ2v) is 9.06. The van der Waals surface area contributed by atoms with E-state index in [9.17, 15) is 34.2 Å². The molecule has 12 nitrogen and oxygen atoms in total. The zero-order valence-electron chi connectivity index (χ0n) is 21.5. The Labute approximate surface area is 226 Å². The Morgan fingerprint density at radius 3 is 1.75 bits per heavy atom. The SMILES string of the molecule is Cn1c(=O)n(CC(O)COC(=O)c2ccccc2)c(=O)n(CC(O)COC(=O)c2ccc3ccccc3c2)c1=O. The Morgan fingerprint density at radius 2 is 1.18 bits per heavy atom. The van der Waals surface area contributed by atoms with Crippen LogP contribution in [-0.4, -0.2) is 61.3 Å². The molecular formula is C28H27N3O9. The van der Waals surface area contributed by atoms with Gasteiger partial charge in [-0.1, -0.05) is 48.5 Å². The van der Waals surface area contributed by atoms with Crippen LogP contribution in [0.15, 0.2) is 87.2 Å². The number of fused-ring (bicyclic) bond motifs is 1. The minimum Gasteiger partial charge on any atom is -0.459 e. The van der Waals surface area contributed by atoms with Crippen molar-refractivity contribution in [1.29, 1.82) is 0 Å². The number of benzene rings is 3. The van der Waals surface area contributed by atoms with Crippen LogP contribution in [0.2, 0.25) is 0 Å². The van der Waals surface area contributed by atoms with Gasteiger partial charge in [0.2, 0.25) is 0 Å². The van der Waals surface area contributed by atoms with Crippen molar-refractivity contribution in [3.05, 3.63) is 115 Å². The number of nitrogens with zero attached hydrogens (tertiary/aromatic N) is 3. The number of rotatable bonds is 10. The van der Waals surface area contributed by atoms with E-state index in [0.717, 1.165) is 17.8 Å². The van der Waals surface area contributed by atoms with E-state index in [1.807, 2.05) is 24.3 Å². The lowest BCUT2D eigenvalue weighted by atomic mass is 10.1. The highest BCUT2D eigenvalue weighted by Gasteiger charge is 2.20. The van der Waals surface area contributed by atoms with Gasteiger partial charge in [-0.3, -0.25) is 0 Å². The maximum Gasteiger partial charge on any atom is 0.338 e. The van der Waals surface area contributed by atoms with Crippen LogP contribution in [0.1, 0.15) is 20.7 Å². The molecule has 3 aromatic carbocycles. The number of hydrogen-bond acceptors (Lipinski definition) is 9. The Bertz CT molecular complexity index is 1710. The molecule has 4 aromatic rings. The molecule has 2 N–H and O–H groups in total. The summed E-state index contributed by atoms with van der Waals surface area (Å²) in [5, 5.41) is 22.5. The summed E-state index contributed by atoms with van der Waals surface area (Å²) in [4.78, 5) is 62.7. The van der Waals surface area contributed by atoms with Crippen LogP contribution in [-0.2, 0) is 29.6 Å². The molecule has 0 saturated carbocycles. The van der Waals surface area contributed by atoms with E-state index < -0.39 is 67.5 Å². The molecule has 2 atom stereocenters. The monoisotopic (exact) mass is 549 g/mol. The first-order chi connectivity index (χ1) is 19.2. The molecule has 1 heterocycles. The van der Waals surface area contributed by atoms with Gasteiger partial charge >= 0.3 is 29.0 Å². The maximum atomic E-state index is 13.0. The van der Waals surface area contributed by atoms with Crippen molar-refractivity contribution in [2.45, 2.75) is 25.3 Å². The normalized spacial score (nSPS) is 12.6. The summed E-state index contributed by atoms with van der Waals surface area (Å²) < 4.78 is 12.0. The van der Waals surface area contributed by atoms with Crippen molar-refractivity contribution in [1.82, 2.24) is 13.7 Å². The maximum absolute atomic E-state index is 13.0. The van der Waals surface area contributed by atoms with Gasteiger partial charge in [0.05, 0.1) is 24.2 Å². The Morgan fingerprint density at radius 1 is 0.675 bits per heavy atom. The highest BCUT2D eigenvalue weighted by atomic mass is 16.5. The lowest BCUT2D eigenvalue weighted by Gasteiger charge is -2.17. The van der Waals surface area contributed by atoms with Gasteiger partial charge in [-0.15, -0.1) is 0 Å². The van der Waals surface area contributed by atoms with Crippen molar-refractivity contribution in [2.24, 2.45) is 7.05 Å². The summed E-state index contributed by atoms with van der Waals surface area (Å²) in [5.41, 5.74) is -2.59. The molecule has 12 heteroatoms. The molecule has 0 amide bonds. The van der Waals surface area contributed by atoms with Crippen LogP contribution in [0.5, 0.6) is 0 Å². The third-order valence-corrected chi connectivity index (χ3v) is 6.09. The summed E-state index contributed by atoms with van der Waals surface area (Å²) in [5.74, 6) is -1.41. The second kappa shape index (κ2) is 12.4. The molecule has 0 bridgehead atoms. The fourth-order valence-electron chi connectivity index (χ4n) is 3.99. The number of hydrogen-bond donors (Lipinski definition) is 2. The Hall–Kier alpha value is -4.81. The average molecular weight is 550 g/mol. The van der Waals surface area contributed by atoms with Gasteiger partial charge in [0.15, 0.2) is 0 Å². The number of carbonyl (C=O) groups excluding carboxylic acids is 2. The van der Waals surface area contributed by atoms with E-state index in [2.05, 4.69) is 0 Å². The van der Waals surface area contributed by atoms with Crippen molar-refractivity contribution in [3.8, 4) is 0 Å². The number of carbonyl (C=O) groups is 2. The van der Waals surface area contributed by atoms with E-state index in [1.54, 1.807) is 36.4 Å². The number of aliphatic hydroxyl groups excluding tert-OH is 2. The zero-order chi connectivity index (χ0) is 28.8. The van der Waals surface area contributed by atoms with Crippen molar-refractivity contribution >= 4 is 22.7 Å². The van der Waals surface area contributed by atoms with Crippen LogP contribution in [0.4, 0.5) is 0 Å². The van der Waals surface area contributed by atoms with E-state index in [1.165, 1.54) is 12.1 Å². The van der Waals surface area contributed by atoms with Gasteiger partial charge in [0, 0.05) is 7.05 Å². The largest absolute Gasteiger partial charge is 0.459 e. The molecule has 1 aromatic heterocycles. The van der Waals surface area contributed by atoms with E-state index >= 15 is 0 Å². The topological polar surface area (TPSA) is 159 Å². The fourth-order valence-corrected chi connectivity index (χ4v) is 3.99. The van der Waals surface area contributed by atoms with Gasteiger partial charge in [-0.05, 0) is 35.0 Å². The smallest absolute Gasteiger partial charge is 0.338 e. The highest BCUT2D eigenvalue weighted by molar-refractivity contribution is 5.95. The van der Waals surface area contributed by atoms with Gasteiger partial charge in [0.25, 0.3) is 0 Å². The predicted molar refractivity (Wildman–Crippen MR) is 143 cm³/mol. The van der Waals surface area contributed by atoms with E-state index in [0.29, 0.717) is 13.7 Å². The lowest BCUT2D eigenvalue weighted by molar-refractivity contribution is 0.0189. The standard InChI is InChI=1S/C28H27N3O9/c1-29-26(36)30(14-22(32)16-39-24(34)19-8-3-2-4-9-19)28(38)31(27(29)37)15-23(33)17-40-25(35)21-12-11-18-7-5-6-10-20(18)13-21/h2-13,22-23,32-33H,14-17H2,1H3. The summed E-state index contributed by atoms with van der Waals surface area (Å²) >= 11 is 0. The van der Waals surface area contributed by atoms with Crippen LogP contribution < -0.4 is 17.1 Å². The first-order valence-corrected chi connectivity index (χ1v) is 12.3. The fraction of sp³-hybridized carbons (Fsp3) is 0.250. The van der Waals surface area contributed by atoms with Gasteiger partial charge in [0.1, 0.15) is 25.4 Å². The second-order valence-electron chi connectivity index (χ2n) is 9.06. The molecule has 0 aliphatic carbocycles. The molecule has 0 spiro atoms. The molecule has 0 aliphatic heterocycles. The number of aliphatic hydroxyl groups is 2. The number of esters is 2. The quantitative estimate of drug-likeness (QED) is 0.265. The number of aromatic nitrogens is 3. The molecule has 0 fully saturated rings. The number of ether oxygens (including phenoxy) is 2. The molecule has 0 aliphatic rings. The molecule has 2 unspecified atom stereocenters. The van der Waals surface area contributed by atoms with Gasteiger partial charge < -0.3 is 19.7 Å². The predicted octanol–water partition coefficient (Wildman–Crippen LogP) is 0.298. The molecule has 4 rings (SSSR count). The van der Waals surface area contributed by atoms with Crippen molar-refractivity contribution < 1.29 is 29.3 Å². The third-order valence-electron chi connectivity index (χ3n) is 6.09.